The van der Waals surface area contributed by atoms with Crippen LogP contribution in [0.15, 0.2) is 88.2 Å². The van der Waals surface area contributed by atoms with E-state index in [1.165, 1.54) is 12.1 Å². The molecule has 0 aliphatic carbocycles. The summed E-state index contributed by atoms with van der Waals surface area (Å²) in [6, 6.07) is 19.8. The summed E-state index contributed by atoms with van der Waals surface area (Å²) in [7, 11) is -3.98. The highest BCUT2D eigenvalue weighted by Crippen LogP contribution is 2.32. The lowest BCUT2D eigenvalue weighted by atomic mass is 10.1. The molecule has 0 aliphatic rings. The minimum absolute atomic E-state index is 0.0222. The quantitative estimate of drug-likeness (QED) is 0.470. The van der Waals surface area contributed by atoms with Crippen molar-refractivity contribution in [3.05, 3.63) is 102 Å². The highest BCUT2D eigenvalue weighted by molar-refractivity contribution is 7.92. The molecule has 152 valence electrons. The number of hydrogen-bond acceptors (Lipinski definition) is 4. The van der Waals surface area contributed by atoms with Crippen molar-refractivity contribution in [2.75, 3.05) is 4.72 Å². The van der Waals surface area contributed by atoms with E-state index in [4.69, 9.17) is 4.42 Å². The van der Waals surface area contributed by atoms with E-state index in [0.29, 0.717) is 0 Å². The molecule has 0 radical (unpaired) electrons. The third kappa shape index (κ3) is 4.38. The largest absolute Gasteiger partial charge is 0.438 e. The molecule has 1 aromatic heterocycles. The maximum Gasteiger partial charge on any atom is 0.263 e. The van der Waals surface area contributed by atoms with Crippen LogP contribution >= 0.6 is 0 Å². The molecule has 4 rings (SSSR count). The zero-order chi connectivity index (χ0) is 21.1. The van der Waals surface area contributed by atoms with Crippen LogP contribution in [0.25, 0.3) is 11.3 Å². The number of sulfonamides is 1. The molecule has 0 bridgehead atoms. The normalized spacial score (nSPS) is 11.4. The summed E-state index contributed by atoms with van der Waals surface area (Å²) in [6.07, 6.45) is 0.276. The highest BCUT2D eigenvalue weighted by atomic mass is 32.2. The van der Waals surface area contributed by atoms with Crippen molar-refractivity contribution in [3.8, 4) is 11.3 Å². The lowest BCUT2D eigenvalue weighted by Gasteiger charge is -2.07. The van der Waals surface area contributed by atoms with E-state index >= 15 is 0 Å². The minimum atomic E-state index is -3.98. The Morgan fingerprint density at radius 1 is 0.867 bits per heavy atom. The molecule has 0 spiro atoms. The first-order chi connectivity index (χ1) is 14.4. The van der Waals surface area contributed by atoms with E-state index in [0.717, 1.165) is 23.8 Å². The second kappa shape index (κ2) is 8.08. The summed E-state index contributed by atoms with van der Waals surface area (Å²) >= 11 is 0. The molecular weight excluding hydrogens is 410 g/mol. The molecule has 30 heavy (non-hydrogen) atoms. The van der Waals surface area contributed by atoms with E-state index < -0.39 is 21.7 Å². The predicted octanol–water partition coefficient (Wildman–Crippen LogP) is 5.01. The first-order valence-electron chi connectivity index (χ1n) is 8.99. The smallest absolute Gasteiger partial charge is 0.263 e. The molecule has 0 saturated carbocycles. The zero-order valence-corrected chi connectivity index (χ0v) is 16.4. The number of rotatable bonds is 6. The van der Waals surface area contributed by atoms with Gasteiger partial charge in [-0.25, -0.2) is 17.2 Å². The van der Waals surface area contributed by atoms with Crippen LogP contribution in [-0.2, 0) is 16.4 Å². The fourth-order valence-electron chi connectivity index (χ4n) is 2.95. The number of halogens is 2. The number of anilines is 1. The molecule has 0 fully saturated rings. The van der Waals surface area contributed by atoms with Crippen LogP contribution in [0.2, 0.25) is 0 Å². The average Bonchev–Trinajstić information content (AvgIpc) is 3.10. The van der Waals surface area contributed by atoms with Gasteiger partial charge in [0.2, 0.25) is 5.89 Å². The predicted molar refractivity (Wildman–Crippen MR) is 108 cm³/mol. The van der Waals surface area contributed by atoms with Gasteiger partial charge in [-0.2, -0.15) is 4.98 Å². The Morgan fingerprint density at radius 3 is 2.10 bits per heavy atom. The number of nitrogens with zero attached hydrogens (tertiary/aromatic N) is 1. The van der Waals surface area contributed by atoms with Gasteiger partial charge in [0.05, 0.1) is 4.90 Å². The first-order valence-corrected chi connectivity index (χ1v) is 10.5. The van der Waals surface area contributed by atoms with Crippen LogP contribution < -0.4 is 4.72 Å². The second-order valence-corrected chi connectivity index (χ2v) is 8.21. The summed E-state index contributed by atoms with van der Waals surface area (Å²) in [5, 5.41) is 0. The molecule has 1 N–H and O–H groups in total. The minimum Gasteiger partial charge on any atom is -0.438 e. The number of hydrogen-bond donors (Lipinski definition) is 1. The van der Waals surface area contributed by atoms with Gasteiger partial charge in [0.25, 0.3) is 10.0 Å². The Labute approximate surface area is 172 Å². The Balaban J connectivity index is 1.77. The molecule has 0 aliphatic heterocycles. The number of nitrogens with one attached hydrogen (secondary N) is 1. The maximum atomic E-state index is 13.8. The van der Waals surface area contributed by atoms with Gasteiger partial charge in [0, 0.05) is 18.1 Å². The van der Waals surface area contributed by atoms with Crippen LogP contribution in [0, 0.1) is 11.6 Å². The Kier molecular flexibility index (Phi) is 5.33. The van der Waals surface area contributed by atoms with E-state index in [2.05, 4.69) is 9.71 Å². The van der Waals surface area contributed by atoms with Crippen molar-refractivity contribution in [1.82, 2.24) is 4.98 Å². The van der Waals surface area contributed by atoms with Gasteiger partial charge in [-0.1, -0.05) is 48.5 Å². The standard InChI is InChI=1S/C22H16F2N2O3S/c23-17-12-16(13-18(24)14-17)21-22(26-30(27,28)19-9-5-2-6-10-19)25-20(29-21)11-15-7-3-1-4-8-15/h1-10,12-14,26H,11H2. The molecule has 0 amide bonds. The summed E-state index contributed by atoms with van der Waals surface area (Å²) in [4.78, 5) is 4.27. The van der Waals surface area contributed by atoms with E-state index in [9.17, 15) is 17.2 Å². The zero-order valence-electron chi connectivity index (χ0n) is 15.5. The topological polar surface area (TPSA) is 72.2 Å². The highest BCUT2D eigenvalue weighted by Gasteiger charge is 2.23. The number of aromatic nitrogens is 1. The van der Waals surface area contributed by atoms with Crippen molar-refractivity contribution in [1.29, 1.82) is 0 Å². The number of benzene rings is 3. The number of oxazole rings is 1. The molecular formula is C22H16F2N2O3S. The van der Waals surface area contributed by atoms with Crippen LogP contribution in [0.5, 0.6) is 0 Å². The van der Waals surface area contributed by atoms with Crippen LogP contribution in [-0.4, -0.2) is 13.4 Å². The van der Waals surface area contributed by atoms with Crippen molar-refractivity contribution in [2.24, 2.45) is 0 Å². The molecule has 0 saturated heterocycles. The second-order valence-electron chi connectivity index (χ2n) is 6.52. The fraction of sp³-hybridized carbons (Fsp3) is 0.0455. The fourth-order valence-corrected chi connectivity index (χ4v) is 3.97. The van der Waals surface area contributed by atoms with Crippen LogP contribution in [0.3, 0.4) is 0 Å². The van der Waals surface area contributed by atoms with Crippen LogP contribution in [0.4, 0.5) is 14.6 Å². The van der Waals surface area contributed by atoms with Gasteiger partial charge < -0.3 is 4.42 Å². The van der Waals surface area contributed by atoms with E-state index in [1.807, 2.05) is 30.3 Å². The van der Waals surface area contributed by atoms with Gasteiger partial charge in [0.15, 0.2) is 11.6 Å². The van der Waals surface area contributed by atoms with E-state index in [1.54, 1.807) is 18.2 Å². The summed E-state index contributed by atoms with van der Waals surface area (Å²) in [6.45, 7) is 0. The Morgan fingerprint density at radius 2 is 1.47 bits per heavy atom. The third-order valence-electron chi connectivity index (χ3n) is 4.28. The van der Waals surface area contributed by atoms with Crippen molar-refractivity contribution >= 4 is 15.8 Å². The lowest BCUT2D eigenvalue weighted by molar-refractivity contribution is 0.517. The maximum absolute atomic E-state index is 13.8. The van der Waals surface area contributed by atoms with Gasteiger partial charge >= 0.3 is 0 Å². The van der Waals surface area contributed by atoms with Gasteiger partial charge in [-0.3, -0.25) is 4.72 Å². The average molecular weight is 426 g/mol. The summed E-state index contributed by atoms with van der Waals surface area (Å²) in [5.41, 5.74) is 0.915. The monoisotopic (exact) mass is 426 g/mol. The van der Waals surface area contributed by atoms with Crippen molar-refractivity contribution in [2.45, 2.75) is 11.3 Å². The molecule has 8 heteroatoms. The molecule has 0 atom stereocenters. The Hall–Kier alpha value is -3.52. The van der Waals surface area contributed by atoms with Gasteiger partial charge in [-0.15, -0.1) is 0 Å². The lowest BCUT2D eigenvalue weighted by Crippen LogP contribution is -2.13. The van der Waals surface area contributed by atoms with E-state index in [-0.39, 0.29) is 34.3 Å². The molecule has 5 nitrogen and oxygen atoms in total. The molecule has 3 aromatic carbocycles. The van der Waals surface area contributed by atoms with Gasteiger partial charge in [-0.05, 0) is 29.8 Å². The van der Waals surface area contributed by atoms with Crippen LogP contribution in [0.1, 0.15) is 11.5 Å². The molecule has 0 unspecified atom stereocenters. The van der Waals surface area contributed by atoms with Crippen molar-refractivity contribution in [3.63, 3.8) is 0 Å². The Bertz CT molecular complexity index is 1250. The summed E-state index contributed by atoms with van der Waals surface area (Å²) in [5.74, 6) is -1.65. The first kappa shape index (κ1) is 19.8. The summed E-state index contributed by atoms with van der Waals surface area (Å²) < 4.78 is 61.1. The molecule has 1 heterocycles. The van der Waals surface area contributed by atoms with Crippen molar-refractivity contribution < 1.29 is 21.6 Å². The SMILES string of the molecule is O=S(=O)(Nc1nc(Cc2ccccc2)oc1-c1cc(F)cc(F)c1)c1ccccc1. The molecule has 4 aromatic rings. The third-order valence-corrected chi connectivity index (χ3v) is 5.63. The van der Waals surface area contributed by atoms with Gasteiger partial charge in [0.1, 0.15) is 11.6 Å².